The number of hydrogen-bond donors (Lipinski definition) is 1. The van der Waals surface area contributed by atoms with Crippen molar-refractivity contribution in [1.29, 1.82) is 0 Å². The molecule has 1 N–H and O–H groups in total. The molecule has 1 aromatic heterocycles. The van der Waals surface area contributed by atoms with Crippen molar-refractivity contribution in [2.24, 2.45) is 0 Å². The summed E-state index contributed by atoms with van der Waals surface area (Å²) in [7, 11) is 0. The van der Waals surface area contributed by atoms with Gasteiger partial charge >= 0.3 is 0 Å². The van der Waals surface area contributed by atoms with E-state index in [2.05, 4.69) is 23.6 Å². The van der Waals surface area contributed by atoms with E-state index in [0.29, 0.717) is 19.6 Å². The van der Waals surface area contributed by atoms with Crippen molar-refractivity contribution >= 4 is 5.91 Å². The van der Waals surface area contributed by atoms with E-state index < -0.39 is 17.1 Å². The Bertz CT molecular complexity index is 1190. The lowest BCUT2D eigenvalue weighted by molar-refractivity contribution is -0.271. The number of amides is 1. The van der Waals surface area contributed by atoms with Gasteiger partial charge in [0.05, 0.1) is 6.61 Å². The monoisotopic (exact) mass is 444 g/mol. The van der Waals surface area contributed by atoms with Crippen LogP contribution in [0.4, 0.5) is 0 Å². The number of carbonyl (C=O) groups excluding carboxylic acids is 1. The van der Waals surface area contributed by atoms with E-state index in [1.54, 1.807) is 0 Å². The number of nitrogens with zero attached hydrogens (tertiary/aromatic N) is 2. The number of para-hydroxylation sites is 1. The molecular formula is C26H26N3O4-. The zero-order valence-corrected chi connectivity index (χ0v) is 18.3. The minimum Gasteiger partial charge on any atom is -0.868 e. The Morgan fingerprint density at radius 2 is 1.73 bits per heavy atom. The fourth-order valence-corrected chi connectivity index (χ4v) is 3.72. The minimum absolute atomic E-state index is 0.139. The summed E-state index contributed by atoms with van der Waals surface area (Å²) in [4.78, 5) is 25.7. The van der Waals surface area contributed by atoms with Crippen molar-refractivity contribution in [3.8, 4) is 11.5 Å². The van der Waals surface area contributed by atoms with Gasteiger partial charge < -0.3 is 20.2 Å². The van der Waals surface area contributed by atoms with Crippen LogP contribution in [-0.4, -0.2) is 35.3 Å². The molecule has 7 nitrogen and oxygen atoms in total. The zero-order valence-electron chi connectivity index (χ0n) is 18.3. The Morgan fingerprint density at radius 1 is 0.970 bits per heavy atom. The molecular weight excluding hydrogens is 418 g/mol. The Labute approximate surface area is 192 Å². The normalized spacial score (nSPS) is 13.1. The van der Waals surface area contributed by atoms with Crippen molar-refractivity contribution in [3.63, 3.8) is 0 Å². The van der Waals surface area contributed by atoms with E-state index in [4.69, 9.17) is 4.74 Å². The minimum atomic E-state index is -0.778. The lowest BCUT2D eigenvalue weighted by Gasteiger charge is -2.32. The second-order valence-corrected chi connectivity index (χ2v) is 7.78. The standard InChI is InChI=1S/C26H27N3O4/c30-22-14-16-29-24(25(22)31)26(32)28(19-27-29)15-8-1-2-9-17-33-23-13-7-6-12-21(23)18-20-10-4-3-5-11-20/h1-7,10-14,16,27,31H,8-9,15,17-19H2/p-1/b2-1+. The van der Waals surface area contributed by atoms with Gasteiger partial charge in [-0.25, -0.2) is 0 Å². The van der Waals surface area contributed by atoms with Crippen molar-refractivity contribution < 1.29 is 14.6 Å². The fourth-order valence-electron chi connectivity index (χ4n) is 3.72. The maximum atomic E-state index is 12.6. The van der Waals surface area contributed by atoms with Gasteiger partial charge in [0.2, 0.25) is 0 Å². The van der Waals surface area contributed by atoms with Crippen LogP contribution in [0.15, 0.2) is 83.8 Å². The van der Waals surface area contributed by atoms with Crippen LogP contribution in [0.2, 0.25) is 0 Å². The number of ether oxygens (including phenoxy) is 1. The summed E-state index contributed by atoms with van der Waals surface area (Å²) in [5, 5.41) is 12.0. The van der Waals surface area contributed by atoms with Gasteiger partial charge in [0.25, 0.3) is 5.91 Å². The second-order valence-electron chi connectivity index (χ2n) is 7.78. The first-order valence-corrected chi connectivity index (χ1v) is 11.0. The number of fused-ring (bicyclic) bond motifs is 1. The highest BCUT2D eigenvalue weighted by molar-refractivity contribution is 5.95. The first-order valence-electron chi connectivity index (χ1n) is 11.0. The predicted octanol–water partition coefficient (Wildman–Crippen LogP) is 2.88. The molecule has 0 spiro atoms. The molecule has 0 unspecified atom stereocenters. The molecule has 0 aliphatic carbocycles. The molecule has 2 aromatic carbocycles. The lowest BCUT2D eigenvalue weighted by Crippen LogP contribution is -2.47. The van der Waals surface area contributed by atoms with E-state index in [1.807, 2.05) is 48.6 Å². The van der Waals surface area contributed by atoms with Crippen LogP contribution in [-0.2, 0) is 6.42 Å². The first-order chi connectivity index (χ1) is 16.1. The van der Waals surface area contributed by atoms with Gasteiger partial charge in [0, 0.05) is 25.2 Å². The first kappa shape index (κ1) is 22.2. The molecule has 170 valence electrons. The molecule has 2 heterocycles. The number of nitrogens with one attached hydrogen (secondary N) is 1. The van der Waals surface area contributed by atoms with Crippen molar-refractivity contribution in [2.75, 3.05) is 25.2 Å². The van der Waals surface area contributed by atoms with Crippen molar-refractivity contribution in [2.45, 2.75) is 19.3 Å². The molecule has 1 aliphatic rings. The van der Waals surface area contributed by atoms with Gasteiger partial charge in [0.1, 0.15) is 18.1 Å². The molecule has 0 atom stereocenters. The van der Waals surface area contributed by atoms with Gasteiger partial charge in [-0.1, -0.05) is 60.7 Å². The highest BCUT2D eigenvalue weighted by Gasteiger charge is 2.24. The largest absolute Gasteiger partial charge is 0.868 e. The smallest absolute Gasteiger partial charge is 0.273 e. The Balaban J connectivity index is 1.23. The van der Waals surface area contributed by atoms with Crippen LogP contribution in [0.1, 0.15) is 34.5 Å². The van der Waals surface area contributed by atoms with Crippen LogP contribution in [0.5, 0.6) is 11.5 Å². The third-order valence-electron chi connectivity index (χ3n) is 5.46. The topological polar surface area (TPSA) is 86.6 Å². The molecule has 0 saturated heterocycles. The average Bonchev–Trinajstić information content (AvgIpc) is 2.83. The van der Waals surface area contributed by atoms with Crippen molar-refractivity contribution in [1.82, 2.24) is 9.58 Å². The van der Waals surface area contributed by atoms with Crippen molar-refractivity contribution in [3.05, 3.63) is 106 Å². The summed E-state index contributed by atoms with van der Waals surface area (Å²) in [6, 6.07) is 19.5. The fraction of sp³-hybridized carbons (Fsp3) is 0.231. The quantitative estimate of drug-likeness (QED) is 0.405. The summed E-state index contributed by atoms with van der Waals surface area (Å²) >= 11 is 0. The maximum Gasteiger partial charge on any atom is 0.273 e. The molecule has 33 heavy (non-hydrogen) atoms. The Kier molecular flexibility index (Phi) is 7.09. The van der Waals surface area contributed by atoms with E-state index in [-0.39, 0.29) is 12.4 Å². The Hall–Kier alpha value is -4.00. The van der Waals surface area contributed by atoms with E-state index in [9.17, 15) is 14.7 Å². The van der Waals surface area contributed by atoms with E-state index >= 15 is 0 Å². The third kappa shape index (κ3) is 5.44. The zero-order chi connectivity index (χ0) is 23.0. The molecule has 1 amide bonds. The average molecular weight is 445 g/mol. The van der Waals surface area contributed by atoms with Crippen LogP contribution in [0, 0.1) is 0 Å². The van der Waals surface area contributed by atoms with E-state index in [0.717, 1.165) is 30.2 Å². The number of rotatable bonds is 9. The van der Waals surface area contributed by atoms with E-state index in [1.165, 1.54) is 21.3 Å². The molecule has 1 aliphatic heterocycles. The Morgan fingerprint density at radius 3 is 2.58 bits per heavy atom. The van der Waals surface area contributed by atoms with Gasteiger partial charge in [-0.2, -0.15) is 0 Å². The predicted molar refractivity (Wildman–Crippen MR) is 125 cm³/mol. The van der Waals surface area contributed by atoms with Crippen LogP contribution >= 0.6 is 0 Å². The maximum absolute atomic E-state index is 12.6. The highest BCUT2D eigenvalue weighted by atomic mass is 16.5. The molecule has 0 saturated carbocycles. The summed E-state index contributed by atoms with van der Waals surface area (Å²) in [6.07, 6.45) is 7.64. The number of aromatic nitrogens is 1. The molecule has 0 fully saturated rings. The number of hydrogen-bond acceptors (Lipinski definition) is 5. The van der Waals surface area contributed by atoms with Gasteiger partial charge in [-0.15, -0.1) is 0 Å². The summed E-state index contributed by atoms with van der Waals surface area (Å²) in [5.41, 5.74) is 4.53. The molecule has 4 rings (SSSR count). The number of pyridine rings is 1. The van der Waals surface area contributed by atoms with Gasteiger partial charge in [0.15, 0.2) is 5.43 Å². The van der Waals surface area contributed by atoms with Crippen LogP contribution in [0.25, 0.3) is 0 Å². The second kappa shape index (κ2) is 10.5. The van der Waals surface area contributed by atoms with Crippen LogP contribution in [0.3, 0.4) is 0 Å². The molecule has 0 radical (unpaired) electrons. The van der Waals surface area contributed by atoms with Gasteiger partial charge in [-0.3, -0.25) is 14.3 Å². The molecule has 0 bridgehead atoms. The third-order valence-corrected chi connectivity index (χ3v) is 5.46. The summed E-state index contributed by atoms with van der Waals surface area (Å²) < 4.78 is 7.32. The number of benzene rings is 2. The summed E-state index contributed by atoms with van der Waals surface area (Å²) in [5.74, 6) is -0.315. The van der Waals surface area contributed by atoms with Crippen LogP contribution < -0.4 is 20.7 Å². The SMILES string of the molecule is O=C1c2c([O-])c(=O)ccn2NCN1CC/C=C/CCOc1ccccc1Cc1ccccc1. The molecule has 7 heteroatoms. The highest BCUT2D eigenvalue weighted by Crippen LogP contribution is 2.21. The summed E-state index contributed by atoms with van der Waals surface area (Å²) in [6.45, 7) is 1.29. The number of carbonyl (C=O) groups is 1. The van der Waals surface area contributed by atoms with Gasteiger partial charge in [-0.05, 0) is 35.8 Å². The lowest BCUT2D eigenvalue weighted by atomic mass is 10.0. The molecule has 3 aromatic rings.